The van der Waals surface area contributed by atoms with E-state index in [1.54, 1.807) is 0 Å². The predicted molar refractivity (Wildman–Crippen MR) is 48.8 cm³/mol. The summed E-state index contributed by atoms with van der Waals surface area (Å²) in [4.78, 5) is 4.46. The van der Waals surface area contributed by atoms with Crippen LogP contribution < -0.4 is 0 Å². The van der Waals surface area contributed by atoms with Crippen LogP contribution in [0.4, 0.5) is 0 Å². The van der Waals surface area contributed by atoms with E-state index in [9.17, 15) is 0 Å². The maximum absolute atomic E-state index is 4.46. The van der Waals surface area contributed by atoms with Gasteiger partial charge in [0.1, 0.15) is 0 Å². The van der Waals surface area contributed by atoms with Gasteiger partial charge in [0.2, 0.25) is 0 Å². The van der Waals surface area contributed by atoms with Gasteiger partial charge in [0.05, 0.1) is 5.04 Å². The number of hydrogen-bond donors (Lipinski definition) is 0. The fourth-order valence-electron chi connectivity index (χ4n) is 1.24. The Hall–Kier alpha value is 0.0200. The number of nitrogens with zero attached hydrogens (tertiary/aromatic N) is 1. The molecule has 0 saturated heterocycles. The van der Waals surface area contributed by atoms with Gasteiger partial charge in [0, 0.05) is 18.2 Å². The monoisotopic (exact) mass is 157 g/mol. The van der Waals surface area contributed by atoms with Gasteiger partial charge >= 0.3 is 0 Å². The Kier molecular flexibility index (Phi) is 3.26. The topological polar surface area (TPSA) is 12.4 Å². The second-order valence-corrected chi connectivity index (χ2v) is 3.70. The van der Waals surface area contributed by atoms with Gasteiger partial charge in [-0.25, -0.2) is 0 Å². The van der Waals surface area contributed by atoms with E-state index in [1.807, 2.05) is 11.8 Å². The summed E-state index contributed by atoms with van der Waals surface area (Å²) in [6.07, 6.45) is 2.50. The van der Waals surface area contributed by atoms with Gasteiger partial charge in [0.25, 0.3) is 0 Å². The Morgan fingerprint density at radius 2 is 2.20 bits per heavy atom. The highest BCUT2D eigenvalue weighted by molar-refractivity contribution is 8.14. The number of rotatable bonds is 3. The minimum absolute atomic E-state index is 0.757. The van der Waals surface area contributed by atoms with E-state index in [2.05, 4.69) is 18.8 Å². The highest BCUT2D eigenvalue weighted by Gasteiger charge is 2.15. The fraction of sp³-hybridized carbons (Fsp3) is 0.875. The SMILES string of the molecule is CCC(CC)C1=NCCS1. The molecule has 1 aliphatic rings. The first-order valence-corrected chi connectivity index (χ1v) is 5.04. The van der Waals surface area contributed by atoms with Crippen LogP contribution in [-0.4, -0.2) is 17.3 Å². The maximum atomic E-state index is 4.46. The maximum Gasteiger partial charge on any atom is 0.0707 e. The summed E-state index contributed by atoms with van der Waals surface area (Å²) in [6, 6.07) is 0. The summed E-state index contributed by atoms with van der Waals surface area (Å²) >= 11 is 1.95. The number of thioether (sulfide) groups is 1. The van der Waals surface area contributed by atoms with Crippen molar-refractivity contribution in [3.63, 3.8) is 0 Å². The number of aliphatic imine (C=N–C) groups is 1. The van der Waals surface area contributed by atoms with Gasteiger partial charge in [0.15, 0.2) is 0 Å². The molecule has 1 rings (SSSR count). The molecule has 1 nitrogen and oxygen atoms in total. The smallest absolute Gasteiger partial charge is 0.0707 e. The van der Waals surface area contributed by atoms with Crippen molar-refractivity contribution < 1.29 is 0 Å². The molecule has 0 atom stereocenters. The van der Waals surface area contributed by atoms with Crippen LogP contribution >= 0.6 is 11.8 Å². The molecule has 0 aromatic rings. The summed E-state index contributed by atoms with van der Waals surface area (Å²) in [7, 11) is 0. The van der Waals surface area contributed by atoms with Crippen molar-refractivity contribution in [2.75, 3.05) is 12.3 Å². The van der Waals surface area contributed by atoms with E-state index in [-0.39, 0.29) is 0 Å². The van der Waals surface area contributed by atoms with Crippen LogP contribution in [0.5, 0.6) is 0 Å². The lowest BCUT2D eigenvalue weighted by Crippen LogP contribution is -2.06. The van der Waals surface area contributed by atoms with Crippen LogP contribution in [0.1, 0.15) is 26.7 Å². The Morgan fingerprint density at radius 1 is 1.50 bits per heavy atom. The van der Waals surface area contributed by atoms with Crippen molar-refractivity contribution in [3.05, 3.63) is 0 Å². The zero-order valence-corrected chi connectivity index (χ0v) is 7.58. The normalized spacial score (nSPS) is 18.1. The first-order chi connectivity index (χ1) is 4.88. The predicted octanol–water partition coefficient (Wildman–Crippen LogP) is 2.57. The molecule has 0 amide bonds. The second kappa shape index (κ2) is 4.02. The molecule has 1 heterocycles. The van der Waals surface area contributed by atoms with Crippen LogP contribution in [-0.2, 0) is 0 Å². The van der Waals surface area contributed by atoms with E-state index < -0.39 is 0 Å². The highest BCUT2D eigenvalue weighted by Crippen LogP contribution is 2.23. The van der Waals surface area contributed by atoms with Gasteiger partial charge in [-0.2, -0.15) is 0 Å². The van der Waals surface area contributed by atoms with Crippen LogP contribution in [0.15, 0.2) is 4.99 Å². The molecule has 58 valence electrons. The molecule has 0 fully saturated rings. The van der Waals surface area contributed by atoms with E-state index in [0.29, 0.717) is 0 Å². The van der Waals surface area contributed by atoms with Gasteiger partial charge in [-0.05, 0) is 12.8 Å². The molecule has 2 heteroatoms. The van der Waals surface area contributed by atoms with Gasteiger partial charge in [-0.3, -0.25) is 4.99 Å². The van der Waals surface area contributed by atoms with Gasteiger partial charge in [-0.1, -0.05) is 13.8 Å². The zero-order valence-electron chi connectivity index (χ0n) is 6.76. The average molecular weight is 157 g/mol. The van der Waals surface area contributed by atoms with Gasteiger partial charge in [-0.15, -0.1) is 11.8 Å². The van der Waals surface area contributed by atoms with Crippen LogP contribution in [0.3, 0.4) is 0 Å². The largest absolute Gasteiger partial charge is 0.282 e. The molecule has 0 saturated carbocycles. The van der Waals surface area contributed by atoms with Crippen LogP contribution in [0, 0.1) is 5.92 Å². The highest BCUT2D eigenvalue weighted by atomic mass is 32.2. The quantitative estimate of drug-likeness (QED) is 0.613. The Balaban J connectivity index is 2.44. The summed E-state index contributed by atoms with van der Waals surface area (Å²) in [6.45, 7) is 5.54. The standard InChI is InChI=1S/C8H15NS/c1-3-7(4-2)8-9-5-6-10-8/h7H,3-6H2,1-2H3. The Bertz CT molecular complexity index is 127. The molecule has 0 radical (unpaired) electrons. The molecular weight excluding hydrogens is 142 g/mol. The fourth-order valence-corrected chi connectivity index (χ4v) is 2.38. The van der Waals surface area contributed by atoms with Crippen molar-refractivity contribution in [2.24, 2.45) is 10.9 Å². The molecule has 0 unspecified atom stereocenters. The lowest BCUT2D eigenvalue weighted by molar-refractivity contribution is 0.650. The summed E-state index contributed by atoms with van der Waals surface area (Å²) in [5.74, 6) is 1.97. The second-order valence-electron chi connectivity index (χ2n) is 2.58. The third-order valence-corrected chi connectivity index (χ3v) is 3.09. The van der Waals surface area contributed by atoms with Crippen molar-refractivity contribution in [2.45, 2.75) is 26.7 Å². The third-order valence-electron chi connectivity index (χ3n) is 1.94. The molecule has 0 aromatic heterocycles. The first kappa shape index (κ1) is 8.12. The van der Waals surface area contributed by atoms with Crippen LogP contribution in [0.2, 0.25) is 0 Å². The lowest BCUT2D eigenvalue weighted by Gasteiger charge is -2.09. The van der Waals surface area contributed by atoms with Crippen molar-refractivity contribution in [1.82, 2.24) is 0 Å². The summed E-state index contributed by atoms with van der Waals surface area (Å²) in [5, 5.41) is 1.41. The summed E-state index contributed by atoms with van der Waals surface area (Å²) < 4.78 is 0. The van der Waals surface area contributed by atoms with Crippen molar-refractivity contribution in [3.8, 4) is 0 Å². The number of hydrogen-bond acceptors (Lipinski definition) is 2. The molecule has 1 aliphatic heterocycles. The van der Waals surface area contributed by atoms with E-state index in [4.69, 9.17) is 0 Å². The molecule has 0 aromatic carbocycles. The molecule has 0 spiro atoms. The molecule has 0 N–H and O–H groups in total. The lowest BCUT2D eigenvalue weighted by atomic mass is 10.1. The molecule has 0 bridgehead atoms. The Labute approximate surface area is 67.3 Å². The average Bonchev–Trinajstić information content (AvgIpc) is 2.43. The third kappa shape index (κ3) is 1.75. The van der Waals surface area contributed by atoms with Gasteiger partial charge < -0.3 is 0 Å². The Morgan fingerprint density at radius 3 is 2.60 bits per heavy atom. The summed E-state index contributed by atoms with van der Waals surface area (Å²) in [5.41, 5.74) is 0. The van der Waals surface area contributed by atoms with Crippen molar-refractivity contribution in [1.29, 1.82) is 0 Å². The minimum atomic E-state index is 0.757. The van der Waals surface area contributed by atoms with Crippen LogP contribution in [0.25, 0.3) is 0 Å². The molecule has 0 aliphatic carbocycles. The molecule has 10 heavy (non-hydrogen) atoms. The molecular formula is C8H15NS. The van der Waals surface area contributed by atoms with Crippen molar-refractivity contribution >= 4 is 16.8 Å². The first-order valence-electron chi connectivity index (χ1n) is 4.05. The minimum Gasteiger partial charge on any atom is -0.282 e. The van der Waals surface area contributed by atoms with E-state index in [0.717, 1.165) is 12.5 Å². The zero-order chi connectivity index (χ0) is 7.40. The van der Waals surface area contributed by atoms with E-state index in [1.165, 1.54) is 23.6 Å². The van der Waals surface area contributed by atoms with E-state index >= 15 is 0 Å².